The molecule has 0 heterocycles. The third-order valence-electron chi connectivity index (χ3n) is 2.17. The molecule has 0 radical (unpaired) electrons. The average molecular weight is 329 g/mol. The second-order valence-electron chi connectivity index (χ2n) is 3.39. The number of anilines is 1. The highest BCUT2D eigenvalue weighted by Crippen LogP contribution is 2.34. The number of nitrogen functional groups attached to an aromatic ring is 1. The average Bonchev–Trinajstić information content (AvgIpc) is 2.16. The smallest absolute Gasteiger partial charge is 0.108 e. The Bertz CT molecular complexity index is 353. The van der Waals surface area contributed by atoms with Crippen molar-refractivity contribution in [2.24, 2.45) is 0 Å². The van der Waals surface area contributed by atoms with Crippen LogP contribution >= 0.6 is 39.1 Å². The lowest BCUT2D eigenvalue weighted by Crippen LogP contribution is -2.19. The Hall–Kier alpha value is -0.000000000000000167. The number of hydrogen-bond donors (Lipinski definition) is 3. The number of aliphatic hydroxyl groups excluding tert-OH is 2. The largest absolute Gasteiger partial charge is 0.399 e. The number of nitrogens with two attached hydrogens (primary N) is 1. The topological polar surface area (TPSA) is 66.5 Å². The summed E-state index contributed by atoms with van der Waals surface area (Å²) in [6.45, 7) is 0. The fourth-order valence-corrected chi connectivity index (χ4v) is 2.55. The molecular weight excluding hydrogens is 317 g/mol. The molecule has 2 unspecified atom stereocenters. The Kier molecular flexibility index (Phi) is 5.34. The van der Waals surface area contributed by atoms with Crippen LogP contribution in [0.15, 0.2) is 12.1 Å². The number of rotatable bonds is 4. The van der Waals surface area contributed by atoms with E-state index in [1.165, 1.54) is 12.1 Å². The summed E-state index contributed by atoms with van der Waals surface area (Å²) in [5.41, 5.74) is 6.27. The minimum atomic E-state index is -1.11. The summed E-state index contributed by atoms with van der Waals surface area (Å²) in [4.78, 5) is 0. The normalized spacial score (nSPS) is 14.8. The van der Waals surface area contributed by atoms with E-state index in [2.05, 4.69) is 15.9 Å². The van der Waals surface area contributed by atoms with Gasteiger partial charge in [-0.25, -0.2) is 0 Å². The van der Waals surface area contributed by atoms with Gasteiger partial charge in [-0.15, -0.1) is 0 Å². The van der Waals surface area contributed by atoms with E-state index in [0.717, 1.165) is 0 Å². The van der Waals surface area contributed by atoms with Crippen LogP contribution in [0.25, 0.3) is 0 Å². The van der Waals surface area contributed by atoms with Gasteiger partial charge in [0.1, 0.15) is 6.10 Å². The molecule has 0 bridgehead atoms. The van der Waals surface area contributed by atoms with E-state index in [1.807, 2.05) is 0 Å². The van der Waals surface area contributed by atoms with E-state index in [4.69, 9.17) is 28.9 Å². The van der Waals surface area contributed by atoms with Crippen LogP contribution in [0.4, 0.5) is 5.69 Å². The first kappa shape index (κ1) is 14.1. The number of alkyl halides is 1. The van der Waals surface area contributed by atoms with Crippen molar-refractivity contribution in [3.8, 4) is 0 Å². The van der Waals surface area contributed by atoms with E-state index in [9.17, 15) is 10.2 Å². The molecule has 4 N–H and O–H groups in total. The quantitative estimate of drug-likeness (QED) is 0.588. The third kappa shape index (κ3) is 3.25. The summed E-state index contributed by atoms with van der Waals surface area (Å²) in [6, 6.07) is 2.99. The summed E-state index contributed by atoms with van der Waals surface area (Å²) in [6.07, 6.45) is -1.63. The van der Waals surface area contributed by atoms with Gasteiger partial charge >= 0.3 is 0 Å². The Balaban J connectivity index is 3.03. The number of aliphatic hydroxyl groups is 2. The van der Waals surface area contributed by atoms with Crippen LogP contribution in [0.1, 0.15) is 18.1 Å². The van der Waals surface area contributed by atoms with Gasteiger partial charge in [-0.2, -0.15) is 0 Å². The van der Waals surface area contributed by atoms with Gasteiger partial charge in [0.05, 0.1) is 6.10 Å². The van der Waals surface area contributed by atoms with Crippen LogP contribution in [-0.4, -0.2) is 21.6 Å². The van der Waals surface area contributed by atoms with Gasteiger partial charge in [0, 0.05) is 26.6 Å². The zero-order chi connectivity index (χ0) is 12.3. The third-order valence-corrected chi connectivity index (χ3v) is 3.25. The van der Waals surface area contributed by atoms with Gasteiger partial charge in [-0.05, 0) is 18.6 Å². The van der Waals surface area contributed by atoms with E-state index in [0.29, 0.717) is 23.0 Å². The lowest BCUT2D eigenvalue weighted by Gasteiger charge is -2.19. The summed E-state index contributed by atoms with van der Waals surface area (Å²) in [5, 5.41) is 20.6. The Morgan fingerprint density at radius 2 is 1.75 bits per heavy atom. The number of halogens is 3. The molecule has 0 amide bonds. The molecule has 0 spiro atoms. The molecule has 6 heteroatoms. The molecule has 1 aromatic rings. The molecule has 1 aromatic carbocycles. The molecule has 2 atom stereocenters. The van der Waals surface area contributed by atoms with Crippen LogP contribution < -0.4 is 5.73 Å². The van der Waals surface area contributed by atoms with E-state index >= 15 is 0 Å². The van der Waals surface area contributed by atoms with Crippen LogP contribution in [0.3, 0.4) is 0 Å². The van der Waals surface area contributed by atoms with E-state index < -0.39 is 12.2 Å². The maximum atomic E-state index is 9.89. The highest BCUT2D eigenvalue weighted by atomic mass is 79.9. The maximum absolute atomic E-state index is 9.89. The molecule has 0 aliphatic carbocycles. The van der Waals surface area contributed by atoms with E-state index in [1.54, 1.807) is 0 Å². The number of hydrogen-bond acceptors (Lipinski definition) is 3. The Morgan fingerprint density at radius 3 is 2.19 bits per heavy atom. The highest BCUT2D eigenvalue weighted by molar-refractivity contribution is 9.09. The Labute approximate surface area is 112 Å². The van der Waals surface area contributed by atoms with Crippen molar-refractivity contribution >= 4 is 44.8 Å². The zero-order valence-corrected chi connectivity index (χ0v) is 11.4. The molecule has 0 saturated heterocycles. The second-order valence-corrected chi connectivity index (χ2v) is 5.00. The maximum Gasteiger partial charge on any atom is 0.108 e. The lowest BCUT2D eigenvalue weighted by atomic mass is 10.0. The van der Waals surface area contributed by atoms with Gasteiger partial charge in [-0.3, -0.25) is 0 Å². The summed E-state index contributed by atoms with van der Waals surface area (Å²) in [7, 11) is 0. The fraction of sp³-hybridized carbons (Fsp3) is 0.400. The minimum absolute atomic E-state index is 0.256. The first-order valence-electron chi connectivity index (χ1n) is 4.64. The fourth-order valence-electron chi connectivity index (χ4n) is 1.35. The molecule has 0 aromatic heterocycles. The van der Waals surface area contributed by atoms with Crippen LogP contribution in [0.5, 0.6) is 0 Å². The Morgan fingerprint density at radius 1 is 1.25 bits per heavy atom. The molecule has 90 valence electrons. The van der Waals surface area contributed by atoms with Crippen molar-refractivity contribution in [2.45, 2.75) is 18.6 Å². The molecular formula is C10H12BrCl2NO2. The summed E-state index contributed by atoms with van der Waals surface area (Å²) >= 11 is 15.0. The van der Waals surface area contributed by atoms with Crippen molar-refractivity contribution in [3.63, 3.8) is 0 Å². The molecule has 3 nitrogen and oxygen atoms in total. The molecule has 0 saturated carbocycles. The predicted molar refractivity (Wildman–Crippen MR) is 70.3 cm³/mol. The lowest BCUT2D eigenvalue weighted by molar-refractivity contribution is 0.0175. The first-order valence-corrected chi connectivity index (χ1v) is 6.51. The second kappa shape index (κ2) is 6.07. The van der Waals surface area contributed by atoms with Crippen LogP contribution in [0.2, 0.25) is 10.0 Å². The molecule has 16 heavy (non-hydrogen) atoms. The van der Waals surface area contributed by atoms with Gasteiger partial charge < -0.3 is 15.9 Å². The highest BCUT2D eigenvalue weighted by Gasteiger charge is 2.23. The van der Waals surface area contributed by atoms with Crippen molar-refractivity contribution in [2.75, 3.05) is 11.1 Å². The van der Waals surface area contributed by atoms with Crippen molar-refractivity contribution in [3.05, 3.63) is 27.7 Å². The molecule has 1 rings (SSSR count). The molecule has 0 fully saturated rings. The van der Waals surface area contributed by atoms with Crippen LogP contribution in [-0.2, 0) is 0 Å². The summed E-state index contributed by atoms with van der Waals surface area (Å²) < 4.78 is 0. The van der Waals surface area contributed by atoms with Crippen molar-refractivity contribution < 1.29 is 10.2 Å². The zero-order valence-electron chi connectivity index (χ0n) is 8.33. The first-order chi connectivity index (χ1) is 7.47. The van der Waals surface area contributed by atoms with Gasteiger partial charge in [0.25, 0.3) is 0 Å². The minimum Gasteiger partial charge on any atom is -0.399 e. The molecule has 0 aliphatic rings. The van der Waals surface area contributed by atoms with Crippen molar-refractivity contribution in [1.82, 2.24) is 0 Å². The van der Waals surface area contributed by atoms with Crippen molar-refractivity contribution in [1.29, 1.82) is 0 Å². The van der Waals surface area contributed by atoms with Gasteiger partial charge in [0.15, 0.2) is 0 Å². The standard InChI is InChI=1S/C10H12BrCl2NO2/c11-2-1-8(15)10(16)9-6(12)3-5(14)4-7(9)13/h3-4,8,10,15-16H,1-2,14H2. The SMILES string of the molecule is Nc1cc(Cl)c(C(O)C(O)CCBr)c(Cl)c1. The number of benzene rings is 1. The monoisotopic (exact) mass is 327 g/mol. The molecule has 0 aliphatic heterocycles. The van der Waals surface area contributed by atoms with Gasteiger partial charge in [-0.1, -0.05) is 39.1 Å². The van der Waals surface area contributed by atoms with Gasteiger partial charge in [0.2, 0.25) is 0 Å². The van der Waals surface area contributed by atoms with E-state index in [-0.39, 0.29) is 10.0 Å². The van der Waals surface area contributed by atoms with Crippen LogP contribution in [0, 0.1) is 0 Å². The summed E-state index contributed by atoms with van der Waals surface area (Å²) in [5.74, 6) is 0. The predicted octanol–water partition coefficient (Wildman–Crippen LogP) is 2.75.